The maximum absolute atomic E-state index is 13.0. The number of hydrogen-bond donors (Lipinski definition) is 0. The number of carbonyl (C=O) groups excluding carboxylic acids is 1. The van der Waals surface area contributed by atoms with E-state index in [1.165, 1.54) is 0 Å². The van der Waals surface area contributed by atoms with E-state index in [-0.39, 0.29) is 11.8 Å². The van der Waals surface area contributed by atoms with Crippen LogP contribution in [0.1, 0.15) is 40.7 Å². The van der Waals surface area contributed by atoms with Crippen LogP contribution >= 0.6 is 11.3 Å². The third-order valence-electron chi connectivity index (χ3n) is 5.28. The molecule has 1 aliphatic rings. The number of carbonyl (C=O) groups is 1. The van der Waals surface area contributed by atoms with Gasteiger partial charge in [-0.2, -0.15) is 0 Å². The minimum Gasteiger partial charge on any atom is -0.419 e. The lowest BCUT2D eigenvalue weighted by Gasteiger charge is -2.30. The van der Waals surface area contributed by atoms with Gasteiger partial charge in [0.15, 0.2) is 0 Å². The second-order valence-electron chi connectivity index (χ2n) is 7.20. The zero-order valence-corrected chi connectivity index (χ0v) is 16.7. The molecule has 1 aliphatic heterocycles. The minimum atomic E-state index is 0.0991. The molecule has 4 aromatic rings. The molecule has 0 N–H and O–H groups in total. The predicted molar refractivity (Wildman–Crippen MR) is 110 cm³/mol. The maximum atomic E-state index is 13.0. The molecule has 8 heteroatoms. The van der Waals surface area contributed by atoms with E-state index in [0.717, 1.165) is 34.2 Å². The van der Waals surface area contributed by atoms with Gasteiger partial charge < -0.3 is 9.32 Å². The highest BCUT2D eigenvalue weighted by atomic mass is 32.1. The van der Waals surface area contributed by atoms with Crippen molar-refractivity contribution >= 4 is 27.3 Å². The number of thiophene rings is 1. The van der Waals surface area contributed by atoms with Gasteiger partial charge in [-0.05, 0) is 25.8 Å². The van der Waals surface area contributed by atoms with Crippen LogP contribution in [0.15, 0.2) is 46.5 Å². The van der Waals surface area contributed by atoms with Crippen molar-refractivity contribution in [2.24, 2.45) is 0 Å². The molecule has 0 atom stereocenters. The standard InChI is InChI=1S/C21H19N5O2S/c1-13-10-23-17(11-22-13)20-25-24-19(28-20)14-6-8-26(9-7-14)21(27)16-12-29-18-5-3-2-4-15(16)18/h2-5,10-12,14H,6-9H2,1H3. The van der Waals surface area contributed by atoms with E-state index in [0.29, 0.717) is 30.6 Å². The summed E-state index contributed by atoms with van der Waals surface area (Å²) >= 11 is 1.61. The summed E-state index contributed by atoms with van der Waals surface area (Å²) in [4.78, 5) is 23.4. The summed E-state index contributed by atoms with van der Waals surface area (Å²) in [7, 11) is 0. The fourth-order valence-electron chi connectivity index (χ4n) is 3.65. The topological polar surface area (TPSA) is 85.0 Å². The van der Waals surface area contributed by atoms with Crippen LogP contribution < -0.4 is 0 Å². The van der Waals surface area contributed by atoms with E-state index in [2.05, 4.69) is 26.2 Å². The number of fused-ring (bicyclic) bond motifs is 1. The van der Waals surface area contributed by atoms with Gasteiger partial charge >= 0.3 is 0 Å². The number of likely N-dealkylation sites (tertiary alicyclic amines) is 1. The third-order valence-corrected chi connectivity index (χ3v) is 6.25. The first-order valence-corrected chi connectivity index (χ1v) is 10.4. The van der Waals surface area contributed by atoms with Crippen LogP contribution in [0.4, 0.5) is 0 Å². The van der Waals surface area contributed by atoms with E-state index in [4.69, 9.17) is 4.42 Å². The summed E-state index contributed by atoms with van der Waals surface area (Å²) in [6.45, 7) is 3.23. The lowest BCUT2D eigenvalue weighted by molar-refractivity contribution is 0.0709. The molecule has 0 aliphatic carbocycles. The molecule has 3 aromatic heterocycles. The number of amides is 1. The van der Waals surface area contributed by atoms with Crippen LogP contribution in [0.3, 0.4) is 0 Å². The number of piperidine rings is 1. The van der Waals surface area contributed by atoms with E-state index < -0.39 is 0 Å². The van der Waals surface area contributed by atoms with Crippen molar-refractivity contribution in [2.45, 2.75) is 25.7 Å². The Bertz CT molecular complexity index is 1160. The van der Waals surface area contributed by atoms with Gasteiger partial charge in [0.25, 0.3) is 11.8 Å². The second-order valence-corrected chi connectivity index (χ2v) is 8.11. The second kappa shape index (κ2) is 7.36. The zero-order chi connectivity index (χ0) is 19.8. The van der Waals surface area contributed by atoms with E-state index in [1.54, 1.807) is 23.7 Å². The van der Waals surface area contributed by atoms with Gasteiger partial charge in [0.1, 0.15) is 5.69 Å². The van der Waals surface area contributed by atoms with Crippen molar-refractivity contribution in [3.05, 3.63) is 59.2 Å². The lowest BCUT2D eigenvalue weighted by Crippen LogP contribution is -2.37. The average molecular weight is 405 g/mol. The minimum absolute atomic E-state index is 0.0991. The van der Waals surface area contributed by atoms with Crippen LogP contribution in [0.2, 0.25) is 0 Å². The molecule has 1 aromatic carbocycles. The van der Waals surface area contributed by atoms with Gasteiger partial charge in [0.05, 0.1) is 17.5 Å². The molecule has 7 nitrogen and oxygen atoms in total. The fraction of sp³-hybridized carbons (Fsp3) is 0.286. The van der Waals surface area contributed by atoms with Crippen molar-refractivity contribution < 1.29 is 9.21 Å². The smallest absolute Gasteiger partial charge is 0.267 e. The number of nitrogens with zero attached hydrogens (tertiary/aromatic N) is 5. The molecule has 29 heavy (non-hydrogen) atoms. The Kier molecular flexibility index (Phi) is 4.55. The van der Waals surface area contributed by atoms with Gasteiger partial charge in [-0.1, -0.05) is 18.2 Å². The molecule has 5 rings (SSSR count). The summed E-state index contributed by atoms with van der Waals surface area (Å²) < 4.78 is 6.99. The number of aryl methyl sites for hydroxylation is 1. The number of hydrogen-bond acceptors (Lipinski definition) is 7. The van der Waals surface area contributed by atoms with Crippen LogP contribution in [-0.2, 0) is 0 Å². The van der Waals surface area contributed by atoms with Crippen molar-refractivity contribution in [3.63, 3.8) is 0 Å². The Balaban J connectivity index is 1.27. The highest BCUT2D eigenvalue weighted by Crippen LogP contribution is 2.31. The molecule has 0 saturated carbocycles. The van der Waals surface area contributed by atoms with Gasteiger partial charge in [0, 0.05) is 40.7 Å². The molecular weight excluding hydrogens is 386 g/mol. The zero-order valence-electron chi connectivity index (χ0n) is 15.9. The first kappa shape index (κ1) is 17.9. The molecule has 146 valence electrons. The predicted octanol–water partition coefficient (Wildman–Crippen LogP) is 4.07. The van der Waals surface area contributed by atoms with E-state index >= 15 is 0 Å². The first-order chi connectivity index (χ1) is 14.2. The summed E-state index contributed by atoms with van der Waals surface area (Å²) in [5.41, 5.74) is 2.21. The van der Waals surface area contributed by atoms with Crippen LogP contribution in [0.5, 0.6) is 0 Å². The number of benzene rings is 1. The Hall–Kier alpha value is -3.13. The Morgan fingerprint density at radius 1 is 1.14 bits per heavy atom. The van der Waals surface area contributed by atoms with E-state index in [9.17, 15) is 4.79 Å². The Morgan fingerprint density at radius 3 is 2.76 bits per heavy atom. The molecule has 0 radical (unpaired) electrons. The van der Waals surface area contributed by atoms with E-state index in [1.807, 2.05) is 35.4 Å². The van der Waals surface area contributed by atoms with Gasteiger partial charge in [-0.3, -0.25) is 9.78 Å². The van der Waals surface area contributed by atoms with Crippen LogP contribution in [0, 0.1) is 6.92 Å². The van der Waals surface area contributed by atoms with Crippen molar-refractivity contribution in [2.75, 3.05) is 13.1 Å². The lowest BCUT2D eigenvalue weighted by atomic mass is 9.96. The summed E-state index contributed by atoms with van der Waals surface area (Å²) in [5.74, 6) is 1.24. The molecule has 0 spiro atoms. The summed E-state index contributed by atoms with van der Waals surface area (Å²) in [6.07, 6.45) is 4.92. The maximum Gasteiger partial charge on any atom is 0.267 e. The van der Waals surface area contributed by atoms with Gasteiger partial charge in [-0.25, -0.2) is 4.98 Å². The molecule has 1 amide bonds. The molecule has 1 fully saturated rings. The molecule has 1 saturated heterocycles. The van der Waals surface area contributed by atoms with Crippen molar-refractivity contribution in [1.29, 1.82) is 0 Å². The Labute approximate surface area is 171 Å². The summed E-state index contributed by atoms with van der Waals surface area (Å²) in [5, 5.41) is 11.3. The van der Waals surface area contributed by atoms with Crippen molar-refractivity contribution in [3.8, 4) is 11.6 Å². The molecule has 0 bridgehead atoms. The highest BCUT2D eigenvalue weighted by molar-refractivity contribution is 7.17. The van der Waals surface area contributed by atoms with Crippen LogP contribution in [0.25, 0.3) is 21.7 Å². The SMILES string of the molecule is Cc1cnc(-c2nnc(C3CCN(C(=O)c4csc5ccccc45)CC3)o2)cn1. The molecule has 0 unspecified atom stereocenters. The quantitative estimate of drug-likeness (QED) is 0.511. The number of aromatic nitrogens is 4. The average Bonchev–Trinajstić information content (AvgIpc) is 3.42. The largest absolute Gasteiger partial charge is 0.419 e. The van der Waals surface area contributed by atoms with Gasteiger partial charge in [0.2, 0.25) is 5.89 Å². The normalized spacial score (nSPS) is 15.1. The fourth-order valence-corrected chi connectivity index (χ4v) is 4.58. The first-order valence-electron chi connectivity index (χ1n) is 9.57. The van der Waals surface area contributed by atoms with Gasteiger partial charge in [-0.15, -0.1) is 21.5 Å². The summed E-state index contributed by atoms with van der Waals surface area (Å²) in [6, 6.07) is 8.04. The number of rotatable bonds is 3. The van der Waals surface area contributed by atoms with Crippen molar-refractivity contribution in [1.82, 2.24) is 25.1 Å². The van der Waals surface area contributed by atoms with Crippen LogP contribution in [-0.4, -0.2) is 44.1 Å². The molecule has 4 heterocycles. The monoisotopic (exact) mass is 405 g/mol. The molecular formula is C21H19N5O2S. The Morgan fingerprint density at radius 2 is 1.97 bits per heavy atom. The third kappa shape index (κ3) is 3.40. The highest BCUT2D eigenvalue weighted by Gasteiger charge is 2.29.